The molecule has 0 aliphatic carbocycles. The van der Waals surface area contributed by atoms with E-state index >= 15 is 0 Å². The Morgan fingerprint density at radius 2 is 1.88 bits per heavy atom. The van der Waals surface area contributed by atoms with Gasteiger partial charge in [-0.1, -0.05) is 36.4 Å². The summed E-state index contributed by atoms with van der Waals surface area (Å²) in [6.07, 6.45) is -0.528. The van der Waals surface area contributed by atoms with Crippen LogP contribution < -0.4 is 15.4 Å². The van der Waals surface area contributed by atoms with E-state index in [2.05, 4.69) is 10.6 Å². The number of phenols is 1. The molecule has 2 aromatic rings. The fourth-order valence-electron chi connectivity index (χ4n) is 2.81. The van der Waals surface area contributed by atoms with Gasteiger partial charge in [-0.2, -0.15) is 0 Å². The van der Waals surface area contributed by atoms with E-state index < -0.39 is 24.1 Å². The monoisotopic (exact) mass is 356 g/mol. The maximum atomic E-state index is 12.1. The number of carbonyl (C=O) groups is 2. The van der Waals surface area contributed by atoms with Gasteiger partial charge in [-0.25, -0.2) is 4.79 Å². The molecule has 0 radical (unpaired) electrons. The first-order chi connectivity index (χ1) is 12.6. The van der Waals surface area contributed by atoms with E-state index in [9.17, 15) is 14.7 Å². The second-order valence-electron chi connectivity index (χ2n) is 5.99. The van der Waals surface area contributed by atoms with Crippen LogP contribution in [0, 0.1) is 5.92 Å². The third kappa shape index (κ3) is 4.12. The van der Waals surface area contributed by atoms with Gasteiger partial charge in [-0.15, -0.1) is 0 Å². The average Bonchev–Trinajstić information content (AvgIpc) is 2.64. The summed E-state index contributed by atoms with van der Waals surface area (Å²) in [5.74, 6) is -0.529. The Morgan fingerprint density at radius 1 is 1.12 bits per heavy atom. The number of carbonyl (C=O) groups excluding carboxylic acids is 2. The second kappa shape index (κ2) is 7.88. The van der Waals surface area contributed by atoms with Crippen molar-refractivity contribution in [1.29, 1.82) is 0 Å². The molecule has 1 aliphatic rings. The highest BCUT2D eigenvalue weighted by atomic mass is 16.5. The van der Waals surface area contributed by atoms with Crippen molar-refractivity contribution in [2.45, 2.75) is 19.3 Å². The predicted molar refractivity (Wildman–Crippen MR) is 93.5 cm³/mol. The number of rotatable bonds is 6. The minimum atomic E-state index is -0.746. The van der Waals surface area contributed by atoms with Crippen LogP contribution >= 0.6 is 0 Å². The minimum absolute atomic E-state index is 0.0233. The molecule has 26 heavy (non-hydrogen) atoms. The molecule has 0 bridgehead atoms. The van der Waals surface area contributed by atoms with Crippen molar-refractivity contribution in [2.24, 2.45) is 5.92 Å². The van der Waals surface area contributed by atoms with Crippen LogP contribution in [0.4, 0.5) is 4.79 Å². The summed E-state index contributed by atoms with van der Waals surface area (Å²) in [6.45, 7) is 0.391. The summed E-state index contributed by atoms with van der Waals surface area (Å²) >= 11 is 0. The van der Waals surface area contributed by atoms with E-state index in [0.29, 0.717) is 17.9 Å². The highest BCUT2D eigenvalue weighted by Gasteiger charge is 2.36. The molecule has 7 heteroatoms. The first-order valence-electron chi connectivity index (χ1n) is 8.19. The van der Waals surface area contributed by atoms with Gasteiger partial charge in [-0.3, -0.25) is 10.1 Å². The summed E-state index contributed by atoms with van der Waals surface area (Å²) < 4.78 is 10.8. The number of imide groups is 1. The number of ether oxygens (including phenoxy) is 2. The molecule has 2 aromatic carbocycles. The number of phenolic OH excluding ortho intramolecular Hbond substituents is 1. The number of amides is 3. The Labute approximate surface area is 150 Å². The quantitative estimate of drug-likeness (QED) is 0.735. The Morgan fingerprint density at radius 3 is 2.58 bits per heavy atom. The summed E-state index contributed by atoms with van der Waals surface area (Å²) in [5.41, 5.74) is 1.59. The van der Waals surface area contributed by atoms with Crippen LogP contribution in [0.5, 0.6) is 11.5 Å². The van der Waals surface area contributed by atoms with E-state index in [4.69, 9.17) is 9.47 Å². The molecule has 1 fully saturated rings. The van der Waals surface area contributed by atoms with Crippen molar-refractivity contribution < 1.29 is 24.2 Å². The third-order valence-electron chi connectivity index (χ3n) is 4.21. The Hall–Kier alpha value is -3.06. The molecule has 136 valence electrons. The Kier molecular flexibility index (Phi) is 5.38. The van der Waals surface area contributed by atoms with Gasteiger partial charge in [0, 0.05) is 13.2 Å². The number of hydrogen-bond acceptors (Lipinski definition) is 5. The zero-order valence-electron chi connectivity index (χ0n) is 14.3. The highest BCUT2D eigenvalue weighted by molar-refractivity contribution is 5.98. The fourth-order valence-corrected chi connectivity index (χ4v) is 2.81. The lowest BCUT2D eigenvalue weighted by Gasteiger charge is -2.30. The van der Waals surface area contributed by atoms with Crippen LogP contribution in [-0.2, 0) is 22.6 Å². The average molecular weight is 356 g/mol. The van der Waals surface area contributed by atoms with Crippen LogP contribution in [0.3, 0.4) is 0 Å². The maximum Gasteiger partial charge on any atom is 0.323 e. The number of hydrogen-bond donors (Lipinski definition) is 3. The van der Waals surface area contributed by atoms with Crippen molar-refractivity contribution in [2.75, 3.05) is 7.11 Å². The number of benzene rings is 2. The summed E-state index contributed by atoms with van der Waals surface area (Å²) in [7, 11) is 1.41. The van der Waals surface area contributed by atoms with E-state index in [0.717, 1.165) is 5.56 Å². The van der Waals surface area contributed by atoms with E-state index in [-0.39, 0.29) is 12.2 Å². The van der Waals surface area contributed by atoms with Gasteiger partial charge in [0.2, 0.25) is 5.91 Å². The molecule has 3 amide bonds. The van der Waals surface area contributed by atoms with Gasteiger partial charge < -0.3 is 19.9 Å². The Balaban J connectivity index is 1.67. The Bertz CT molecular complexity index is 794. The van der Waals surface area contributed by atoms with Gasteiger partial charge in [0.15, 0.2) is 0 Å². The first kappa shape index (κ1) is 17.8. The number of methoxy groups -OCH3 is 1. The minimum Gasteiger partial charge on any atom is -0.508 e. The molecule has 3 N–H and O–H groups in total. The van der Waals surface area contributed by atoms with Crippen LogP contribution in [0.1, 0.15) is 11.1 Å². The lowest BCUT2D eigenvalue weighted by Crippen LogP contribution is -2.59. The standard InChI is InChI=1S/C19H20N2O5/c1-25-18-15(17(23)20-19(24)21-18)9-13-7-8-14(10-16(13)22)26-11-12-5-3-2-4-6-12/h2-8,10,15,18,22H,9,11H2,1H3,(H2,20,21,23,24). The number of aromatic hydroxyl groups is 1. The van der Waals surface area contributed by atoms with Crippen molar-refractivity contribution in [3.8, 4) is 11.5 Å². The van der Waals surface area contributed by atoms with Crippen LogP contribution in [-0.4, -0.2) is 30.4 Å². The predicted octanol–water partition coefficient (Wildman–Crippen LogP) is 1.94. The van der Waals surface area contributed by atoms with Crippen LogP contribution in [0.25, 0.3) is 0 Å². The second-order valence-corrected chi connectivity index (χ2v) is 5.99. The number of urea groups is 1. The number of nitrogens with one attached hydrogen (secondary N) is 2. The molecule has 0 spiro atoms. The molecule has 1 heterocycles. The summed E-state index contributed by atoms with van der Waals surface area (Å²) in [6, 6.07) is 14.1. The van der Waals surface area contributed by atoms with Gasteiger partial charge >= 0.3 is 6.03 Å². The fraction of sp³-hybridized carbons (Fsp3) is 0.263. The van der Waals surface area contributed by atoms with Gasteiger partial charge in [0.1, 0.15) is 24.3 Å². The molecule has 2 atom stereocenters. The molecule has 3 rings (SSSR count). The molecule has 7 nitrogen and oxygen atoms in total. The van der Waals surface area contributed by atoms with Crippen molar-refractivity contribution in [3.63, 3.8) is 0 Å². The SMILES string of the molecule is COC1NC(=O)NC(=O)C1Cc1ccc(OCc2ccccc2)cc1O. The molecular weight excluding hydrogens is 336 g/mol. The van der Waals surface area contributed by atoms with Crippen molar-refractivity contribution in [3.05, 3.63) is 59.7 Å². The smallest absolute Gasteiger partial charge is 0.323 e. The van der Waals surface area contributed by atoms with Crippen LogP contribution in [0.15, 0.2) is 48.5 Å². The van der Waals surface area contributed by atoms with E-state index in [1.54, 1.807) is 12.1 Å². The topological polar surface area (TPSA) is 96.9 Å². The molecule has 1 aliphatic heterocycles. The summed E-state index contributed by atoms with van der Waals surface area (Å²) in [5, 5.41) is 15.0. The molecular formula is C19H20N2O5. The first-order valence-corrected chi connectivity index (χ1v) is 8.19. The van der Waals surface area contributed by atoms with Gasteiger partial charge in [-0.05, 0) is 23.6 Å². The van der Waals surface area contributed by atoms with Gasteiger partial charge in [0.25, 0.3) is 0 Å². The maximum absolute atomic E-state index is 12.1. The molecule has 0 aromatic heterocycles. The van der Waals surface area contributed by atoms with Crippen molar-refractivity contribution >= 4 is 11.9 Å². The normalized spacial score (nSPS) is 19.6. The van der Waals surface area contributed by atoms with Crippen LogP contribution in [0.2, 0.25) is 0 Å². The zero-order chi connectivity index (χ0) is 18.5. The highest BCUT2D eigenvalue weighted by Crippen LogP contribution is 2.28. The molecule has 0 saturated carbocycles. The lowest BCUT2D eigenvalue weighted by molar-refractivity contribution is -0.131. The molecule has 1 saturated heterocycles. The molecule has 2 unspecified atom stereocenters. The van der Waals surface area contributed by atoms with E-state index in [1.807, 2.05) is 30.3 Å². The largest absolute Gasteiger partial charge is 0.508 e. The third-order valence-corrected chi connectivity index (χ3v) is 4.21. The van der Waals surface area contributed by atoms with Gasteiger partial charge in [0.05, 0.1) is 5.92 Å². The van der Waals surface area contributed by atoms with Crippen molar-refractivity contribution in [1.82, 2.24) is 10.6 Å². The van der Waals surface area contributed by atoms with E-state index in [1.165, 1.54) is 13.2 Å². The lowest BCUT2D eigenvalue weighted by atomic mass is 9.94. The zero-order valence-corrected chi connectivity index (χ0v) is 14.3. The summed E-state index contributed by atoms with van der Waals surface area (Å²) in [4.78, 5) is 23.4.